The van der Waals surface area contributed by atoms with E-state index in [0.29, 0.717) is 0 Å². The smallest absolute Gasteiger partial charge is 0.00697 e. The molecule has 3 unspecified atom stereocenters. The van der Waals surface area contributed by atoms with Gasteiger partial charge in [-0.1, -0.05) is 52.9 Å². The Balaban J connectivity index is 2.31. The highest BCUT2D eigenvalue weighted by atomic mass is 14.9. The largest absolute Gasteiger partial charge is 0.314 e. The number of rotatable bonds is 7. The molecule has 1 N–H and O–H groups in total. The fourth-order valence-corrected chi connectivity index (χ4v) is 3.39. The van der Waals surface area contributed by atoms with Crippen molar-refractivity contribution in [2.45, 2.75) is 84.6 Å². The van der Waals surface area contributed by atoms with E-state index >= 15 is 0 Å². The highest BCUT2D eigenvalue weighted by Gasteiger charge is 2.21. The summed E-state index contributed by atoms with van der Waals surface area (Å²) in [6.45, 7) is 8.24. The lowest BCUT2D eigenvalue weighted by molar-refractivity contribution is 0.313. The fourth-order valence-electron chi connectivity index (χ4n) is 3.39. The van der Waals surface area contributed by atoms with Crippen LogP contribution in [0.1, 0.15) is 78.6 Å². The second-order valence-corrected chi connectivity index (χ2v) is 6.17. The standard InChI is InChI=1S/C16H33N/c1-4-8-14(3)12-15-9-6-7-10-16(13-15)17-11-5-2/h14-17H,4-13H2,1-3H3. The topological polar surface area (TPSA) is 12.0 Å². The summed E-state index contributed by atoms with van der Waals surface area (Å²) in [6, 6.07) is 0.816. The quantitative estimate of drug-likeness (QED) is 0.632. The molecule has 0 heterocycles. The molecule has 0 aromatic carbocycles. The molecule has 0 aliphatic heterocycles. The molecule has 3 atom stereocenters. The first-order chi connectivity index (χ1) is 8.26. The molecule has 0 saturated heterocycles. The van der Waals surface area contributed by atoms with Crippen LogP contribution in [0.15, 0.2) is 0 Å². The maximum Gasteiger partial charge on any atom is 0.00697 e. The summed E-state index contributed by atoms with van der Waals surface area (Å²) in [5.74, 6) is 1.93. The Morgan fingerprint density at radius 3 is 2.59 bits per heavy atom. The van der Waals surface area contributed by atoms with Crippen LogP contribution in [-0.4, -0.2) is 12.6 Å². The minimum atomic E-state index is 0.816. The zero-order valence-electron chi connectivity index (χ0n) is 12.3. The summed E-state index contributed by atoms with van der Waals surface area (Å²) in [5, 5.41) is 3.75. The maximum atomic E-state index is 3.75. The van der Waals surface area contributed by atoms with Gasteiger partial charge in [0.15, 0.2) is 0 Å². The lowest BCUT2D eigenvalue weighted by Gasteiger charge is -2.23. The van der Waals surface area contributed by atoms with E-state index in [0.717, 1.165) is 17.9 Å². The predicted octanol–water partition coefficient (Wildman–Crippen LogP) is 4.76. The van der Waals surface area contributed by atoms with Gasteiger partial charge < -0.3 is 5.32 Å². The van der Waals surface area contributed by atoms with E-state index in [-0.39, 0.29) is 0 Å². The van der Waals surface area contributed by atoms with Crippen molar-refractivity contribution < 1.29 is 0 Å². The highest BCUT2D eigenvalue weighted by molar-refractivity contribution is 4.77. The molecular weight excluding hydrogens is 206 g/mol. The Morgan fingerprint density at radius 1 is 1.12 bits per heavy atom. The van der Waals surface area contributed by atoms with E-state index in [1.165, 1.54) is 64.3 Å². The molecule has 17 heavy (non-hydrogen) atoms. The second kappa shape index (κ2) is 8.97. The van der Waals surface area contributed by atoms with Gasteiger partial charge in [-0.3, -0.25) is 0 Å². The lowest BCUT2D eigenvalue weighted by Crippen LogP contribution is -2.31. The van der Waals surface area contributed by atoms with Crippen molar-refractivity contribution in [2.75, 3.05) is 6.54 Å². The van der Waals surface area contributed by atoms with Gasteiger partial charge in [-0.25, -0.2) is 0 Å². The molecule has 0 aromatic heterocycles. The van der Waals surface area contributed by atoms with Crippen LogP contribution in [0.4, 0.5) is 0 Å². The Hall–Kier alpha value is -0.0400. The fraction of sp³-hybridized carbons (Fsp3) is 1.00. The Morgan fingerprint density at radius 2 is 1.88 bits per heavy atom. The molecule has 1 nitrogen and oxygen atoms in total. The van der Waals surface area contributed by atoms with Crippen molar-refractivity contribution in [3.8, 4) is 0 Å². The van der Waals surface area contributed by atoms with Gasteiger partial charge in [-0.05, 0) is 44.1 Å². The maximum absolute atomic E-state index is 3.75. The third-order valence-corrected chi connectivity index (χ3v) is 4.23. The monoisotopic (exact) mass is 239 g/mol. The molecule has 0 spiro atoms. The zero-order chi connectivity index (χ0) is 12.5. The van der Waals surface area contributed by atoms with E-state index in [4.69, 9.17) is 0 Å². The summed E-state index contributed by atoms with van der Waals surface area (Å²) in [7, 11) is 0. The second-order valence-electron chi connectivity index (χ2n) is 6.17. The van der Waals surface area contributed by atoms with Crippen LogP contribution in [-0.2, 0) is 0 Å². The molecule has 0 aromatic rings. The Labute approximate surface area is 109 Å². The van der Waals surface area contributed by atoms with E-state index in [1.807, 2.05) is 0 Å². The van der Waals surface area contributed by atoms with Crippen molar-refractivity contribution in [1.29, 1.82) is 0 Å². The predicted molar refractivity (Wildman–Crippen MR) is 77.3 cm³/mol. The molecule has 1 aliphatic rings. The van der Waals surface area contributed by atoms with Gasteiger partial charge in [-0.2, -0.15) is 0 Å². The zero-order valence-corrected chi connectivity index (χ0v) is 12.3. The molecule has 1 fully saturated rings. The SMILES string of the molecule is CCCNC1CCCCC(CC(C)CCC)C1. The van der Waals surface area contributed by atoms with E-state index < -0.39 is 0 Å². The number of hydrogen-bond donors (Lipinski definition) is 1. The van der Waals surface area contributed by atoms with E-state index in [9.17, 15) is 0 Å². The Kier molecular flexibility index (Phi) is 7.92. The molecule has 1 saturated carbocycles. The van der Waals surface area contributed by atoms with Gasteiger partial charge in [-0.15, -0.1) is 0 Å². The number of hydrogen-bond acceptors (Lipinski definition) is 1. The summed E-state index contributed by atoms with van der Waals surface area (Å²) in [6.07, 6.45) is 12.8. The third kappa shape index (κ3) is 6.45. The van der Waals surface area contributed by atoms with Crippen LogP contribution in [0, 0.1) is 11.8 Å². The minimum Gasteiger partial charge on any atom is -0.314 e. The van der Waals surface area contributed by atoms with Crippen LogP contribution >= 0.6 is 0 Å². The average molecular weight is 239 g/mol. The first-order valence-corrected chi connectivity index (χ1v) is 7.99. The van der Waals surface area contributed by atoms with Crippen molar-refractivity contribution in [2.24, 2.45) is 11.8 Å². The number of nitrogens with one attached hydrogen (secondary N) is 1. The van der Waals surface area contributed by atoms with Gasteiger partial charge in [0.1, 0.15) is 0 Å². The molecule has 1 aliphatic carbocycles. The van der Waals surface area contributed by atoms with Gasteiger partial charge in [0.25, 0.3) is 0 Å². The van der Waals surface area contributed by atoms with E-state index in [2.05, 4.69) is 26.1 Å². The molecule has 0 bridgehead atoms. The van der Waals surface area contributed by atoms with Gasteiger partial charge in [0.05, 0.1) is 0 Å². The summed E-state index contributed by atoms with van der Waals surface area (Å²) < 4.78 is 0. The van der Waals surface area contributed by atoms with Crippen LogP contribution in [0.5, 0.6) is 0 Å². The molecule has 1 rings (SSSR count). The van der Waals surface area contributed by atoms with Gasteiger partial charge in [0, 0.05) is 6.04 Å². The van der Waals surface area contributed by atoms with Crippen LogP contribution < -0.4 is 5.32 Å². The third-order valence-electron chi connectivity index (χ3n) is 4.23. The van der Waals surface area contributed by atoms with Crippen LogP contribution in [0.25, 0.3) is 0 Å². The van der Waals surface area contributed by atoms with Crippen molar-refractivity contribution in [1.82, 2.24) is 5.32 Å². The molecular formula is C16H33N. The molecule has 0 amide bonds. The summed E-state index contributed by atoms with van der Waals surface area (Å²) in [4.78, 5) is 0. The lowest BCUT2D eigenvalue weighted by atomic mass is 9.87. The molecule has 0 radical (unpaired) electrons. The highest BCUT2D eigenvalue weighted by Crippen LogP contribution is 2.29. The minimum absolute atomic E-state index is 0.816. The van der Waals surface area contributed by atoms with E-state index in [1.54, 1.807) is 0 Å². The average Bonchev–Trinajstić information content (AvgIpc) is 2.52. The van der Waals surface area contributed by atoms with Gasteiger partial charge >= 0.3 is 0 Å². The normalized spacial score (nSPS) is 27.7. The Bertz CT molecular complexity index is 178. The van der Waals surface area contributed by atoms with Crippen molar-refractivity contribution in [3.63, 3.8) is 0 Å². The van der Waals surface area contributed by atoms with Crippen LogP contribution in [0.2, 0.25) is 0 Å². The summed E-state index contributed by atoms with van der Waals surface area (Å²) >= 11 is 0. The first-order valence-electron chi connectivity index (χ1n) is 7.99. The molecule has 1 heteroatoms. The summed E-state index contributed by atoms with van der Waals surface area (Å²) in [5.41, 5.74) is 0. The first kappa shape index (κ1) is 15.0. The van der Waals surface area contributed by atoms with Crippen molar-refractivity contribution >= 4 is 0 Å². The van der Waals surface area contributed by atoms with Gasteiger partial charge in [0.2, 0.25) is 0 Å². The molecule has 102 valence electrons. The van der Waals surface area contributed by atoms with Crippen LogP contribution in [0.3, 0.4) is 0 Å². The van der Waals surface area contributed by atoms with Crippen molar-refractivity contribution in [3.05, 3.63) is 0 Å².